The number of carbonyl (C=O) groups excluding carboxylic acids is 1. The molecule has 0 radical (unpaired) electrons. The maximum absolute atomic E-state index is 11.7. The Kier molecular flexibility index (Phi) is 3.85. The molecule has 0 spiro atoms. The fourth-order valence-corrected chi connectivity index (χ4v) is 2.25. The van der Waals surface area contributed by atoms with Crippen molar-refractivity contribution in [1.82, 2.24) is 0 Å². The third-order valence-electron chi connectivity index (χ3n) is 2.04. The average Bonchev–Trinajstić information content (AvgIpc) is 2.18. The fourth-order valence-electron chi connectivity index (χ4n) is 1.10. The number of nitrogen functional groups attached to an aromatic ring is 1. The van der Waals surface area contributed by atoms with Gasteiger partial charge in [0.1, 0.15) is 0 Å². The zero-order chi connectivity index (χ0) is 11.4. The molecule has 4 N–H and O–H groups in total. The maximum Gasteiger partial charge on any atom is 0.218 e. The number of rotatable bonds is 4. The highest BCUT2D eigenvalue weighted by Gasteiger charge is 2.06. The lowest BCUT2D eigenvalue weighted by Crippen LogP contribution is -2.14. The molecular weight excluding hydrogens is 212 g/mol. The first kappa shape index (κ1) is 11.7. The van der Waals surface area contributed by atoms with Gasteiger partial charge in [0.15, 0.2) is 0 Å². The quantitative estimate of drug-likeness (QED) is 0.735. The smallest absolute Gasteiger partial charge is 0.218 e. The topological polar surface area (TPSA) is 86.2 Å². The largest absolute Gasteiger partial charge is 0.399 e. The summed E-state index contributed by atoms with van der Waals surface area (Å²) in [5.74, 6) is -0.172. The molecule has 0 bridgehead atoms. The van der Waals surface area contributed by atoms with Gasteiger partial charge in [-0.25, -0.2) is 0 Å². The molecule has 0 saturated carbocycles. The van der Waals surface area contributed by atoms with Gasteiger partial charge in [0.2, 0.25) is 5.91 Å². The number of primary amides is 1. The molecule has 0 heterocycles. The first-order chi connectivity index (χ1) is 7.00. The Morgan fingerprint density at radius 3 is 2.67 bits per heavy atom. The number of benzene rings is 1. The van der Waals surface area contributed by atoms with E-state index in [0.29, 0.717) is 10.6 Å². The monoisotopic (exact) mass is 226 g/mol. The van der Waals surface area contributed by atoms with E-state index in [-0.39, 0.29) is 12.2 Å². The molecule has 0 saturated heterocycles. The van der Waals surface area contributed by atoms with Crippen LogP contribution in [0.5, 0.6) is 0 Å². The van der Waals surface area contributed by atoms with Crippen molar-refractivity contribution >= 4 is 22.4 Å². The average molecular weight is 226 g/mol. The predicted molar refractivity (Wildman–Crippen MR) is 60.7 cm³/mol. The number of anilines is 1. The van der Waals surface area contributed by atoms with Crippen LogP contribution in [0.2, 0.25) is 0 Å². The minimum absolute atomic E-state index is 0.135. The van der Waals surface area contributed by atoms with Crippen LogP contribution in [-0.2, 0) is 15.6 Å². The summed E-state index contributed by atoms with van der Waals surface area (Å²) < 4.78 is 11.7. The molecule has 1 aromatic rings. The third-order valence-corrected chi connectivity index (χ3v) is 3.39. The number of carbonyl (C=O) groups is 1. The minimum atomic E-state index is -1.18. The molecule has 82 valence electrons. The van der Waals surface area contributed by atoms with Crippen LogP contribution in [0.25, 0.3) is 0 Å². The summed E-state index contributed by atoms with van der Waals surface area (Å²) in [6.07, 6.45) is 0.135. The molecule has 4 nitrogen and oxygen atoms in total. The molecule has 5 heteroatoms. The lowest BCUT2D eigenvalue weighted by Gasteiger charge is -2.04. The lowest BCUT2D eigenvalue weighted by atomic mass is 10.2. The van der Waals surface area contributed by atoms with Gasteiger partial charge in [-0.3, -0.25) is 9.00 Å². The molecule has 1 amide bonds. The van der Waals surface area contributed by atoms with E-state index in [9.17, 15) is 9.00 Å². The van der Waals surface area contributed by atoms with Gasteiger partial charge in [-0.15, -0.1) is 0 Å². The molecule has 1 unspecified atom stereocenters. The molecule has 15 heavy (non-hydrogen) atoms. The second-order valence-corrected chi connectivity index (χ2v) is 4.86. The maximum atomic E-state index is 11.7. The van der Waals surface area contributed by atoms with Crippen LogP contribution in [0.1, 0.15) is 12.0 Å². The molecule has 0 fully saturated rings. The number of hydrogen-bond acceptors (Lipinski definition) is 3. The molecule has 0 aromatic heterocycles. The normalized spacial score (nSPS) is 12.3. The van der Waals surface area contributed by atoms with Crippen molar-refractivity contribution < 1.29 is 9.00 Å². The van der Waals surface area contributed by atoms with E-state index < -0.39 is 16.7 Å². The van der Waals surface area contributed by atoms with Gasteiger partial charge < -0.3 is 11.5 Å². The summed E-state index contributed by atoms with van der Waals surface area (Å²) >= 11 is 0. The molecule has 1 atom stereocenters. The van der Waals surface area contributed by atoms with Crippen LogP contribution in [0.4, 0.5) is 5.69 Å². The van der Waals surface area contributed by atoms with Crippen LogP contribution < -0.4 is 11.5 Å². The SMILES string of the molecule is Cc1cc(S(=O)CCC(N)=O)ccc1N. The third kappa shape index (κ3) is 3.36. The van der Waals surface area contributed by atoms with Gasteiger partial charge in [0.05, 0.1) is 10.8 Å². The first-order valence-corrected chi connectivity index (χ1v) is 5.85. The van der Waals surface area contributed by atoms with E-state index in [4.69, 9.17) is 11.5 Å². The van der Waals surface area contributed by atoms with Crippen molar-refractivity contribution in [3.05, 3.63) is 23.8 Å². The summed E-state index contributed by atoms with van der Waals surface area (Å²) in [5.41, 5.74) is 12.2. The van der Waals surface area contributed by atoms with Gasteiger partial charge >= 0.3 is 0 Å². The number of hydrogen-bond donors (Lipinski definition) is 2. The number of amides is 1. The Labute approximate surface area is 91.1 Å². The van der Waals surface area contributed by atoms with E-state index in [1.165, 1.54) is 0 Å². The molecule has 1 aromatic carbocycles. The van der Waals surface area contributed by atoms with Crippen molar-refractivity contribution in [2.24, 2.45) is 5.73 Å². The number of nitrogens with two attached hydrogens (primary N) is 2. The zero-order valence-corrected chi connectivity index (χ0v) is 9.34. The second kappa shape index (κ2) is 4.93. The van der Waals surface area contributed by atoms with Crippen molar-refractivity contribution in [3.8, 4) is 0 Å². The van der Waals surface area contributed by atoms with E-state index in [1.54, 1.807) is 18.2 Å². The molecule has 0 aliphatic carbocycles. The van der Waals surface area contributed by atoms with E-state index in [0.717, 1.165) is 5.56 Å². The number of aryl methyl sites for hydroxylation is 1. The van der Waals surface area contributed by atoms with E-state index in [2.05, 4.69) is 0 Å². The molecular formula is C10H14N2O2S. The van der Waals surface area contributed by atoms with Gasteiger partial charge in [-0.05, 0) is 30.7 Å². The van der Waals surface area contributed by atoms with Crippen LogP contribution in [0.15, 0.2) is 23.1 Å². The first-order valence-electron chi connectivity index (χ1n) is 4.53. The Bertz CT molecular complexity index is 404. The van der Waals surface area contributed by atoms with Crippen molar-refractivity contribution in [3.63, 3.8) is 0 Å². The Balaban J connectivity index is 2.74. The summed E-state index contributed by atoms with van der Waals surface area (Å²) in [6, 6.07) is 5.19. The minimum Gasteiger partial charge on any atom is -0.399 e. The summed E-state index contributed by atoms with van der Waals surface area (Å²) in [4.78, 5) is 11.2. The van der Waals surface area contributed by atoms with Crippen molar-refractivity contribution in [2.75, 3.05) is 11.5 Å². The summed E-state index contributed by atoms with van der Waals surface area (Å²) in [6.45, 7) is 1.85. The second-order valence-electron chi connectivity index (χ2n) is 3.28. The highest BCUT2D eigenvalue weighted by Crippen LogP contribution is 2.15. The van der Waals surface area contributed by atoms with Crippen LogP contribution in [0.3, 0.4) is 0 Å². The standard InChI is InChI=1S/C10H14N2O2S/c1-7-6-8(2-3-9(7)11)15(14)5-4-10(12)13/h2-3,6H,4-5,11H2,1H3,(H2,12,13). The molecule has 1 rings (SSSR count). The van der Waals surface area contributed by atoms with Crippen molar-refractivity contribution in [2.45, 2.75) is 18.2 Å². The van der Waals surface area contributed by atoms with E-state index >= 15 is 0 Å². The van der Waals surface area contributed by atoms with Gasteiger partial charge in [0.25, 0.3) is 0 Å². The highest BCUT2D eigenvalue weighted by molar-refractivity contribution is 7.85. The zero-order valence-electron chi connectivity index (χ0n) is 8.53. The van der Waals surface area contributed by atoms with Crippen LogP contribution >= 0.6 is 0 Å². The fraction of sp³-hybridized carbons (Fsp3) is 0.300. The summed E-state index contributed by atoms with van der Waals surface area (Å²) in [5, 5.41) is 0. The van der Waals surface area contributed by atoms with Crippen molar-refractivity contribution in [1.29, 1.82) is 0 Å². The van der Waals surface area contributed by atoms with Gasteiger partial charge in [-0.1, -0.05) is 0 Å². The predicted octanol–water partition coefficient (Wildman–Crippen LogP) is 0.560. The molecule has 0 aliphatic heterocycles. The van der Waals surface area contributed by atoms with Gasteiger partial charge in [0, 0.05) is 22.8 Å². The van der Waals surface area contributed by atoms with Crippen LogP contribution in [-0.4, -0.2) is 15.9 Å². The van der Waals surface area contributed by atoms with Gasteiger partial charge in [-0.2, -0.15) is 0 Å². The van der Waals surface area contributed by atoms with Crippen LogP contribution in [0, 0.1) is 6.92 Å². The Morgan fingerprint density at radius 1 is 1.47 bits per heavy atom. The Hall–Kier alpha value is -1.36. The Morgan fingerprint density at radius 2 is 2.13 bits per heavy atom. The highest BCUT2D eigenvalue weighted by atomic mass is 32.2. The molecule has 0 aliphatic rings. The summed E-state index contributed by atoms with van der Waals surface area (Å²) in [7, 11) is -1.18. The lowest BCUT2D eigenvalue weighted by molar-refractivity contribution is -0.117. The van der Waals surface area contributed by atoms with E-state index in [1.807, 2.05) is 6.92 Å².